The first-order valence-electron chi connectivity index (χ1n) is 4.34. The molecule has 2 rings (SSSR count). The molecule has 0 amide bonds. The Bertz CT molecular complexity index is 398. The summed E-state index contributed by atoms with van der Waals surface area (Å²) in [4.78, 5) is 8.10. The van der Waals surface area contributed by atoms with E-state index in [4.69, 9.17) is 4.74 Å². The smallest absolute Gasteiger partial charge is 0.218 e. The van der Waals surface area contributed by atoms with Gasteiger partial charge in [0.05, 0.1) is 20.0 Å². The van der Waals surface area contributed by atoms with Gasteiger partial charge in [0, 0.05) is 24.2 Å². The van der Waals surface area contributed by atoms with Crippen LogP contribution in [0.5, 0.6) is 5.88 Å². The number of aromatic nitrogens is 3. The number of hydrogen-bond donors (Lipinski definition) is 0. The molecule has 0 fully saturated rings. The minimum Gasteiger partial charge on any atom is -0.481 e. The molecule has 0 radical (unpaired) electrons. The second kappa shape index (κ2) is 3.91. The largest absolute Gasteiger partial charge is 0.481 e. The summed E-state index contributed by atoms with van der Waals surface area (Å²) in [6.07, 6.45) is 7.15. The van der Waals surface area contributed by atoms with E-state index >= 15 is 0 Å². The van der Waals surface area contributed by atoms with E-state index in [2.05, 4.69) is 9.97 Å². The van der Waals surface area contributed by atoms with Gasteiger partial charge in [0.2, 0.25) is 5.88 Å². The van der Waals surface area contributed by atoms with Crippen LogP contribution in [0.25, 0.3) is 0 Å². The van der Waals surface area contributed by atoms with Gasteiger partial charge in [-0.1, -0.05) is 6.07 Å². The van der Waals surface area contributed by atoms with Gasteiger partial charge < -0.3 is 9.30 Å². The molecule has 4 heteroatoms. The summed E-state index contributed by atoms with van der Waals surface area (Å²) in [5.74, 6) is 0.668. The van der Waals surface area contributed by atoms with E-state index < -0.39 is 0 Å². The summed E-state index contributed by atoms with van der Waals surface area (Å²) in [5.41, 5.74) is 1.05. The first kappa shape index (κ1) is 8.74. The van der Waals surface area contributed by atoms with Crippen molar-refractivity contribution in [1.29, 1.82) is 0 Å². The van der Waals surface area contributed by atoms with Gasteiger partial charge in [-0.25, -0.2) is 9.97 Å². The predicted octanol–water partition coefficient (Wildman–Crippen LogP) is 1.33. The quantitative estimate of drug-likeness (QED) is 0.731. The van der Waals surface area contributed by atoms with Crippen LogP contribution in [-0.4, -0.2) is 21.6 Å². The third kappa shape index (κ3) is 1.74. The number of nitrogens with zero attached hydrogens (tertiary/aromatic N) is 3. The SMILES string of the molecule is COc1ncccc1Cn1ccnc1. The number of hydrogen-bond acceptors (Lipinski definition) is 3. The van der Waals surface area contributed by atoms with Crippen molar-refractivity contribution >= 4 is 0 Å². The van der Waals surface area contributed by atoms with E-state index in [0.29, 0.717) is 5.88 Å². The molecule has 2 aromatic rings. The lowest BCUT2D eigenvalue weighted by Crippen LogP contribution is -2.00. The van der Waals surface area contributed by atoms with Gasteiger partial charge in [-0.3, -0.25) is 0 Å². The maximum Gasteiger partial charge on any atom is 0.218 e. The number of imidazole rings is 1. The molecule has 0 bridgehead atoms. The molecule has 72 valence electrons. The lowest BCUT2D eigenvalue weighted by molar-refractivity contribution is 0.391. The molecule has 2 aromatic heterocycles. The highest BCUT2D eigenvalue weighted by Gasteiger charge is 2.02. The summed E-state index contributed by atoms with van der Waals surface area (Å²) in [6, 6.07) is 3.89. The maximum atomic E-state index is 5.15. The summed E-state index contributed by atoms with van der Waals surface area (Å²) < 4.78 is 7.12. The van der Waals surface area contributed by atoms with Crippen molar-refractivity contribution < 1.29 is 4.74 Å². The average Bonchev–Trinajstić information content (AvgIpc) is 2.71. The maximum absolute atomic E-state index is 5.15. The Morgan fingerprint density at radius 1 is 1.43 bits per heavy atom. The Hall–Kier alpha value is -1.84. The minimum absolute atomic E-state index is 0.668. The number of rotatable bonds is 3. The molecule has 0 saturated carbocycles. The van der Waals surface area contributed by atoms with Gasteiger partial charge in [-0.05, 0) is 6.07 Å². The zero-order chi connectivity index (χ0) is 9.80. The second-order valence-electron chi connectivity index (χ2n) is 2.91. The van der Waals surface area contributed by atoms with Crippen molar-refractivity contribution in [1.82, 2.24) is 14.5 Å². The lowest BCUT2D eigenvalue weighted by atomic mass is 10.2. The Morgan fingerprint density at radius 2 is 2.36 bits per heavy atom. The van der Waals surface area contributed by atoms with Crippen molar-refractivity contribution in [2.75, 3.05) is 7.11 Å². The van der Waals surface area contributed by atoms with E-state index in [-0.39, 0.29) is 0 Å². The van der Waals surface area contributed by atoms with E-state index in [1.54, 1.807) is 25.8 Å². The highest BCUT2D eigenvalue weighted by molar-refractivity contribution is 5.25. The van der Waals surface area contributed by atoms with Crippen molar-refractivity contribution in [3.63, 3.8) is 0 Å². The third-order valence-electron chi connectivity index (χ3n) is 1.96. The van der Waals surface area contributed by atoms with Crippen LogP contribution < -0.4 is 4.74 Å². The Balaban J connectivity index is 2.24. The fraction of sp³-hybridized carbons (Fsp3) is 0.200. The molecule has 14 heavy (non-hydrogen) atoms. The van der Waals surface area contributed by atoms with Crippen LogP contribution >= 0.6 is 0 Å². The van der Waals surface area contributed by atoms with Gasteiger partial charge in [0.1, 0.15) is 0 Å². The fourth-order valence-corrected chi connectivity index (χ4v) is 1.31. The molecule has 0 spiro atoms. The molecule has 0 aliphatic rings. The molecular weight excluding hydrogens is 178 g/mol. The highest BCUT2D eigenvalue weighted by Crippen LogP contribution is 2.14. The fourth-order valence-electron chi connectivity index (χ4n) is 1.31. The van der Waals surface area contributed by atoms with Gasteiger partial charge in [-0.15, -0.1) is 0 Å². The molecule has 4 nitrogen and oxygen atoms in total. The number of ether oxygens (including phenoxy) is 1. The monoisotopic (exact) mass is 189 g/mol. The molecular formula is C10H11N3O. The molecule has 0 saturated heterocycles. The van der Waals surface area contributed by atoms with E-state index in [1.165, 1.54) is 0 Å². The van der Waals surface area contributed by atoms with Crippen LogP contribution in [-0.2, 0) is 6.54 Å². The summed E-state index contributed by atoms with van der Waals surface area (Å²) in [7, 11) is 1.62. The average molecular weight is 189 g/mol. The van der Waals surface area contributed by atoms with Crippen LogP contribution in [0.4, 0.5) is 0 Å². The van der Waals surface area contributed by atoms with Gasteiger partial charge in [0.15, 0.2) is 0 Å². The molecule has 0 unspecified atom stereocenters. The predicted molar refractivity (Wildman–Crippen MR) is 52.1 cm³/mol. The van der Waals surface area contributed by atoms with Crippen LogP contribution in [0, 0.1) is 0 Å². The van der Waals surface area contributed by atoms with Crippen molar-refractivity contribution in [3.8, 4) is 5.88 Å². The lowest BCUT2D eigenvalue weighted by Gasteiger charge is -2.06. The molecule has 2 heterocycles. The first-order valence-corrected chi connectivity index (χ1v) is 4.34. The Labute approximate surface area is 82.2 Å². The number of pyridine rings is 1. The van der Waals surface area contributed by atoms with Gasteiger partial charge in [0.25, 0.3) is 0 Å². The minimum atomic E-state index is 0.668. The Kier molecular flexibility index (Phi) is 2.44. The van der Waals surface area contributed by atoms with Crippen molar-refractivity contribution in [3.05, 3.63) is 42.6 Å². The molecule has 0 aliphatic heterocycles. The highest BCUT2D eigenvalue weighted by atomic mass is 16.5. The van der Waals surface area contributed by atoms with E-state index in [9.17, 15) is 0 Å². The molecule has 0 aromatic carbocycles. The summed E-state index contributed by atoms with van der Waals surface area (Å²) in [5, 5.41) is 0. The summed E-state index contributed by atoms with van der Waals surface area (Å²) >= 11 is 0. The zero-order valence-electron chi connectivity index (χ0n) is 7.92. The second-order valence-corrected chi connectivity index (χ2v) is 2.91. The van der Waals surface area contributed by atoms with E-state index in [0.717, 1.165) is 12.1 Å². The molecule has 0 N–H and O–H groups in total. The molecule has 0 aliphatic carbocycles. The number of methoxy groups -OCH3 is 1. The normalized spacial score (nSPS) is 10.1. The standard InChI is InChI=1S/C10H11N3O/c1-14-10-9(3-2-4-12-10)7-13-6-5-11-8-13/h2-6,8H,7H2,1H3. The zero-order valence-corrected chi connectivity index (χ0v) is 7.92. The van der Waals surface area contributed by atoms with Crippen molar-refractivity contribution in [2.24, 2.45) is 0 Å². The van der Waals surface area contributed by atoms with Gasteiger partial charge >= 0.3 is 0 Å². The Morgan fingerprint density at radius 3 is 3.07 bits per heavy atom. The third-order valence-corrected chi connectivity index (χ3v) is 1.96. The van der Waals surface area contributed by atoms with Crippen LogP contribution in [0.3, 0.4) is 0 Å². The van der Waals surface area contributed by atoms with E-state index in [1.807, 2.05) is 22.9 Å². The van der Waals surface area contributed by atoms with Gasteiger partial charge in [-0.2, -0.15) is 0 Å². The van der Waals surface area contributed by atoms with Crippen LogP contribution in [0.1, 0.15) is 5.56 Å². The first-order chi connectivity index (χ1) is 6.90. The van der Waals surface area contributed by atoms with Crippen LogP contribution in [0.2, 0.25) is 0 Å². The topological polar surface area (TPSA) is 39.9 Å². The van der Waals surface area contributed by atoms with Crippen LogP contribution in [0.15, 0.2) is 37.1 Å². The van der Waals surface area contributed by atoms with Crippen molar-refractivity contribution in [2.45, 2.75) is 6.54 Å². The molecule has 0 atom stereocenters. The summed E-state index contributed by atoms with van der Waals surface area (Å²) in [6.45, 7) is 0.733.